The number of anilines is 1. The molecule has 1 fully saturated rings. The van der Waals surface area contributed by atoms with Gasteiger partial charge in [-0.25, -0.2) is 0 Å². The maximum Gasteiger partial charge on any atom is 0.253 e. The maximum absolute atomic E-state index is 12.1. The zero-order chi connectivity index (χ0) is 15.2. The first-order valence-corrected chi connectivity index (χ1v) is 7.25. The van der Waals surface area contributed by atoms with Crippen molar-refractivity contribution in [3.63, 3.8) is 0 Å². The Morgan fingerprint density at radius 2 is 2.10 bits per heavy atom. The molecule has 1 aromatic carbocycles. The Labute approximate surface area is 124 Å². The number of nitrogen functional groups attached to an aromatic ring is 1. The number of nitrogens with two attached hydrogens (primary N) is 1. The molecule has 0 aliphatic heterocycles. The van der Waals surface area contributed by atoms with Crippen LogP contribution >= 0.6 is 0 Å². The van der Waals surface area contributed by atoms with E-state index in [0.717, 1.165) is 18.4 Å². The summed E-state index contributed by atoms with van der Waals surface area (Å²) in [6.07, 6.45) is 3.24. The Hall–Kier alpha value is -2.08. The highest BCUT2D eigenvalue weighted by Gasteiger charge is 2.22. The van der Waals surface area contributed by atoms with E-state index in [-0.39, 0.29) is 11.8 Å². The molecule has 21 heavy (non-hydrogen) atoms. The molecular formula is C15H22N4O2. The molecule has 2 amide bonds. The number of hydrogen-bond donors (Lipinski definition) is 4. The molecule has 0 atom stereocenters. The molecular weight excluding hydrogens is 268 g/mol. The van der Waals surface area contributed by atoms with E-state index >= 15 is 0 Å². The molecule has 114 valence electrons. The molecule has 0 unspecified atom stereocenters. The predicted molar refractivity (Wildman–Crippen MR) is 81.7 cm³/mol. The Kier molecular flexibility index (Phi) is 5.16. The third-order valence-corrected chi connectivity index (χ3v) is 3.38. The van der Waals surface area contributed by atoms with Crippen LogP contribution in [0.1, 0.15) is 41.6 Å². The van der Waals surface area contributed by atoms with Crippen LogP contribution in [0.5, 0.6) is 0 Å². The van der Waals surface area contributed by atoms with Crippen LogP contribution in [0.4, 0.5) is 5.69 Å². The van der Waals surface area contributed by atoms with Crippen LogP contribution in [-0.2, 0) is 4.79 Å². The first-order valence-electron chi connectivity index (χ1n) is 7.25. The van der Waals surface area contributed by atoms with Gasteiger partial charge in [0.25, 0.3) is 5.91 Å². The van der Waals surface area contributed by atoms with Crippen molar-refractivity contribution in [3.05, 3.63) is 29.3 Å². The van der Waals surface area contributed by atoms with Crippen molar-refractivity contribution in [2.24, 2.45) is 5.84 Å². The summed E-state index contributed by atoms with van der Waals surface area (Å²) in [5.74, 6) is 5.28. The third kappa shape index (κ3) is 4.75. The summed E-state index contributed by atoms with van der Waals surface area (Å²) in [6.45, 7) is 2.38. The van der Waals surface area contributed by atoms with Gasteiger partial charge in [0.15, 0.2) is 0 Å². The highest BCUT2D eigenvalue weighted by molar-refractivity contribution is 5.99. The van der Waals surface area contributed by atoms with Gasteiger partial charge in [-0.2, -0.15) is 0 Å². The van der Waals surface area contributed by atoms with Crippen molar-refractivity contribution in [3.8, 4) is 0 Å². The van der Waals surface area contributed by atoms with Crippen LogP contribution in [0.3, 0.4) is 0 Å². The van der Waals surface area contributed by atoms with Crippen LogP contribution < -0.4 is 21.9 Å². The van der Waals surface area contributed by atoms with E-state index in [0.29, 0.717) is 36.7 Å². The normalized spacial score (nSPS) is 13.6. The first kappa shape index (κ1) is 15.3. The molecule has 1 aliphatic rings. The van der Waals surface area contributed by atoms with E-state index in [1.807, 2.05) is 13.0 Å². The summed E-state index contributed by atoms with van der Waals surface area (Å²) < 4.78 is 0. The highest BCUT2D eigenvalue weighted by atomic mass is 16.2. The number of hydrogen-bond acceptors (Lipinski definition) is 4. The fourth-order valence-electron chi connectivity index (χ4n) is 2.05. The van der Waals surface area contributed by atoms with Crippen molar-refractivity contribution in [2.45, 2.75) is 38.6 Å². The summed E-state index contributed by atoms with van der Waals surface area (Å²) >= 11 is 0. The monoisotopic (exact) mass is 290 g/mol. The number of carbonyl (C=O) groups is 2. The molecule has 5 N–H and O–H groups in total. The van der Waals surface area contributed by atoms with Gasteiger partial charge in [0, 0.05) is 19.0 Å². The Morgan fingerprint density at radius 1 is 1.33 bits per heavy atom. The number of amides is 2. The molecule has 6 heteroatoms. The zero-order valence-corrected chi connectivity index (χ0v) is 12.2. The Morgan fingerprint density at radius 3 is 2.76 bits per heavy atom. The van der Waals surface area contributed by atoms with Crippen LogP contribution in [0.15, 0.2) is 18.2 Å². The van der Waals surface area contributed by atoms with Crippen molar-refractivity contribution in [2.75, 3.05) is 12.0 Å². The molecule has 1 saturated carbocycles. The van der Waals surface area contributed by atoms with Crippen molar-refractivity contribution in [1.82, 2.24) is 10.6 Å². The van der Waals surface area contributed by atoms with Gasteiger partial charge >= 0.3 is 0 Å². The van der Waals surface area contributed by atoms with Gasteiger partial charge in [0.1, 0.15) is 0 Å². The number of rotatable bonds is 7. The summed E-state index contributed by atoms with van der Waals surface area (Å²) in [5, 5.41) is 5.73. The van der Waals surface area contributed by atoms with E-state index in [4.69, 9.17) is 5.84 Å². The van der Waals surface area contributed by atoms with Gasteiger partial charge in [-0.05, 0) is 38.3 Å². The van der Waals surface area contributed by atoms with Crippen molar-refractivity contribution < 1.29 is 9.59 Å². The van der Waals surface area contributed by atoms with Crippen LogP contribution in [0, 0.1) is 6.92 Å². The summed E-state index contributed by atoms with van der Waals surface area (Å²) in [7, 11) is 0. The van der Waals surface area contributed by atoms with Crippen LogP contribution in [0.25, 0.3) is 0 Å². The number of benzene rings is 1. The molecule has 0 saturated heterocycles. The smallest absolute Gasteiger partial charge is 0.253 e. The van der Waals surface area contributed by atoms with E-state index in [9.17, 15) is 9.59 Å². The number of aryl methyl sites for hydroxylation is 1. The molecule has 0 heterocycles. The second kappa shape index (κ2) is 7.08. The lowest BCUT2D eigenvalue weighted by Crippen LogP contribution is -2.29. The van der Waals surface area contributed by atoms with E-state index in [2.05, 4.69) is 16.1 Å². The summed E-state index contributed by atoms with van der Waals surface area (Å²) in [6, 6.07) is 5.82. The van der Waals surface area contributed by atoms with Gasteiger partial charge < -0.3 is 16.1 Å². The quantitative estimate of drug-likeness (QED) is 0.343. The molecule has 0 radical (unpaired) electrons. The molecule has 0 spiro atoms. The molecule has 2 rings (SSSR count). The largest absolute Gasteiger partial charge is 0.353 e. The van der Waals surface area contributed by atoms with Gasteiger partial charge in [-0.1, -0.05) is 11.6 Å². The molecule has 0 aromatic heterocycles. The third-order valence-electron chi connectivity index (χ3n) is 3.38. The standard InChI is InChI=1S/C15H22N4O2/c1-10-4-7-13(19-16)12(9-10)15(21)17-8-2-3-14(20)18-11-5-6-11/h4,7,9,11,19H,2-3,5-6,8,16H2,1H3,(H,17,21)(H,18,20). The second-order valence-corrected chi connectivity index (χ2v) is 5.39. The van der Waals surface area contributed by atoms with Crippen molar-refractivity contribution >= 4 is 17.5 Å². The number of hydrazine groups is 1. The number of nitrogens with one attached hydrogen (secondary N) is 3. The van der Waals surface area contributed by atoms with Crippen molar-refractivity contribution in [1.29, 1.82) is 0 Å². The van der Waals surface area contributed by atoms with Gasteiger partial charge in [0.2, 0.25) is 5.91 Å². The lowest BCUT2D eigenvalue weighted by atomic mass is 10.1. The average Bonchev–Trinajstić information content (AvgIpc) is 3.27. The summed E-state index contributed by atoms with van der Waals surface area (Å²) in [4.78, 5) is 23.6. The topological polar surface area (TPSA) is 96.2 Å². The molecule has 1 aliphatic carbocycles. The lowest BCUT2D eigenvalue weighted by molar-refractivity contribution is -0.121. The Bertz CT molecular complexity index is 526. The van der Waals surface area contributed by atoms with Gasteiger partial charge in [0.05, 0.1) is 11.3 Å². The second-order valence-electron chi connectivity index (χ2n) is 5.39. The minimum atomic E-state index is -0.186. The molecule has 1 aromatic rings. The first-order chi connectivity index (χ1) is 10.1. The fraction of sp³-hybridized carbons (Fsp3) is 0.467. The minimum absolute atomic E-state index is 0.0617. The maximum atomic E-state index is 12.1. The Balaban J connectivity index is 1.76. The van der Waals surface area contributed by atoms with Crippen LogP contribution in [-0.4, -0.2) is 24.4 Å². The summed E-state index contributed by atoms with van der Waals surface area (Å²) in [5.41, 5.74) is 4.61. The zero-order valence-electron chi connectivity index (χ0n) is 12.2. The average molecular weight is 290 g/mol. The van der Waals surface area contributed by atoms with E-state index in [1.165, 1.54) is 0 Å². The highest BCUT2D eigenvalue weighted by Crippen LogP contribution is 2.18. The van der Waals surface area contributed by atoms with E-state index in [1.54, 1.807) is 12.1 Å². The van der Waals surface area contributed by atoms with Crippen LogP contribution in [0.2, 0.25) is 0 Å². The van der Waals surface area contributed by atoms with Gasteiger partial charge in [-0.15, -0.1) is 0 Å². The predicted octanol–water partition coefficient (Wildman–Crippen LogP) is 1.07. The van der Waals surface area contributed by atoms with E-state index < -0.39 is 0 Å². The molecule has 6 nitrogen and oxygen atoms in total. The minimum Gasteiger partial charge on any atom is -0.353 e. The van der Waals surface area contributed by atoms with Gasteiger partial charge in [-0.3, -0.25) is 15.4 Å². The fourth-order valence-corrected chi connectivity index (χ4v) is 2.05. The SMILES string of the molecule is Cc1ccc(NN)c(C(=O)NCCCC(=O)NC2CC2)c1. The molecule has 0 bridgehead atoms. The lowest BCUT2D eigenvalue weighted by Gasteiger charge is -2.10. The number of carbonyl (C=O) groups excluding carboxylic acids is 2.